The second-order valence-electron chi connectivity index (χ2n) is 4.64. The molecule has 3 heteroatoms. The maximum absolute atomic E-state index is 5.19. The summed E-state index contributed by atoms with van der Waals surface area (Å²) in [7, 11) is 1.62. The van der Waals surface area contributed by atoms with Gasteiger partial charge in [-0.15, -0.1) is 11.3 Å². The van der Waals surface area contributed by atoms with E-state index in [-0.39, 0.29) is 0 Å². The molecule has 0 spiro atoms. The molecule has 3 rings (SSSR count). The number of hydrogen-bond acceptors (Lipinski definition) is 3. The second-order valence-corrected chi connectivity index (χ2v) is 6.09. The van der Waals surface area contributed by atoms with Crippen molar-refractivity contribution in [2.45, 2.75) is 6.42 Å². The molecule has 2 aromatic carbocycles. The number of ether oxygens (including phenoxy) is 1. The molecule has 0 bridgehead atoms. The van der Waals surface area contributed by atoms with Crippen LogP contribution in [-0.2, 0) is 11.2 Å². The Balaban J connectivity index is 1.92. The quantitative estimate of drug-likeness (QED) is 0.641. The van der Waals surface area contributed by atoms with Gasteiger partial charge in [-0.25, -0.2) is 0 Å². The smallest absolute Gasteiger partial charge is 0.201 e. The Labute approximate surface area is 127 Å². The van der Waals surface area contributed by atoms with E-state index in [1.165, 1.54) is 21.2 Å². The highest BCUT2D eigenvalue weighted by molar-refractivity contribution is 7.80. The third-order valence-corrected chi connectivity index (χ3v) is 4.83. The van der Waals surface area contributed by atoms with Gasteiger partial charge in [-0.3, -0.25) is 0 Å². The normalized spacial score (nSPS) is 10.7. The Bertz CT molecular complexity index is 744. The van der Waals surface area contributed by atoms with Gasteiger partial charge < -0.3 is 4.74 Å². The average Bonchev–Trinajstić information content (AvgIpc) is 2.90. The highest BCUT2D eigenvalue weighted by Crippen LogP contribution is 2.28. The molecule has 0 fully saturated rings. The SMILES string of the molecule is COC(=S)c1cc2ccc(Cc3ccccc3)cc2s1. The third-order valence-electron chi connectivity index (χ3n) is 3.22. The molecule has 0 unspecified atom stereocenters. The van der Waals surface area contributed by atoms with Gasteiger partial charge in [-0.2, -0.15) is 0 Å². The van der Waals surface area contributed by atoms with Crippen LogP contribution in [-0.4, -0.2) is 12.2 Å². The lowest BCUT2D eigenvalue weighted by Crippen LogP contribution is -1.94. The van der Waals surface area contributed by atoms with E-state index in [9.17, 15) is 0 Å². The Hall–Kier alpha value is -1.71. The number of hydrogen-bond donors (Lipinski definition) is 0. The van der Waals surface area contributed by atoms with Gasteiger partial charge in [0, 0.05) is 4.70 Å². The summed E-state index contributed by atoms with van der Waals surface area (Å²) in [6, 6.07) is 19.2. The molecule has 1 heterocycles. The van der Waals surface area contributed by atoms with Gasteiger partial charge in [-0.05, 0) is 47.3 Å². The summed E-state index contributed by atoms with van der Waals surface area (Å²) in [5, 5.41) is 1.79. The number of thiophene rings is 1. The van der Waals surface area contributed by atoms with E-state index >= 15 is 0 Å². The molecule has 0 amide bonds. The van der Waals surface area contributed by atoms with Gasteiger partial charge in [0.2, 0.25) is 5.05 Å². The van der Waals surface area contributed by atoms with Crippen molar-refractivity contribution in [2.75, 3.05) is 7.11 Å². The number of thiocarbonyl (C=S) groups is 1. The van der Waals surface area contributed by atoms with Gasteiger partial charge in [-0.1, -0.05) is 42.5 Å². The van der Waals surface area contributed by atoms with Crippen LogP contribution in [0.5, 0.6) is 0 Å². The fourth-order valence-electron chi connectivity index (χ4n) is 2.22. The van der Waals surface area contributed by atoms with Crippen molar-refractivity contribution in [2.24, 2.45) is 0 Å². The lowest BCUT2D eigenvalue weighted by Gasteiger charge is -2.01. The molecule has 0 N–H and O–H groups in total. The summed E-state index contributed by atoms with van der Waals surface area (Å²) in [6.45, 7) is 0. The van der Waals surface area contributed by atoms with Gasteiger partial charge >= 0.3 is 0 Å². The first-order valence-corrected chi connectivity index (χ1v) is 7.63. The summed E-state index contributed by atoms with van der Waals surface area (Å²) in [4.78, 5) is 1.02. The fourth-order valence-corrected chi connectivity index (χ4v) is 3.45. The maximum atomic E-state index is 5.19. The summed E-state index contributed by atoms with van der Waals surface area (Å²) < 4.78 is 6.39. The molecule has 20 heavy (non-hydrogen) atoms. The molecule has 3 aromatic rings. The summed E-state index contributed by atoms with van der Waals surface area (Å²) in [5.41, 5.74) is 2.65. The molecule has 0 saturated heterocycles. The number of benzene rings is 2. The molecular weight excluding hydrogens is 284 g/mol. The second kappa shape index (κ2) is 5.73. The summed E-state index contributed by atoms with van der Waals surface area (Å²) in [6.07, 6.45) is 0.957. The molecule has 1 aromatic heterocycles. The molecule has 1 nitrogen and oxygen atoms in total. The number of methoxy groups -OCH3 is 1. The minimum atomic E-state index is 0.566. The molecular formula is C17H14OS2. The first kappa shape index (κ1) is 13.3. The zero-order chi connectivity index (χ0) is 13.9. The number of rotatable bonds is 3. The molecule has 0 atom stereocenters. The predicted octanol–water partition coefficient (Wildman–Crippen LogP) is 4.81. The lowest BCUT2D eigenvalue weighted by atomic mass is 10.0. The van der Waals surface area contributed by atoms with Gasteiger partial charge in [0.25, 0.3) is 0 Å². The molecule has 100 valence electrons. The monoisotopic (exact) mass is 298 g/mol. The zero-order valence-electron chi connectivity index (χ0n) is 11.1. The van der Waals surface area contributed by atoms with E-state index in [0.29, 0.717) is 5.05 Å². The van der Waals surface area contributed by atoms with Crippen molar-refractivity contribution >= 4 is 38.7 Å². The van der Waals surface area contributed by atoms with Crippen LogP contribution in [0, 0.1) is 0 Å². The Morgan fingerprint density at radius 1 is 1.05 bits per heavy atom. The van der Waals surface area contributed by atoms with Crippen LogP contribution in [0.2, 0.25) is 0 Å². The van der Waals surface area contributed by atoms with E-state index in [0.717, 1.165) is 11.3 Å². The van der Waals surface area contributed by atoms with Crippen molar-refractivity contribution in [1.82, 2.24) is 0 Å². The van der Waals surface area contributed by atoms with Crippen LogP contribution in [0.25, 0.3) is 10.1 Å². The van der Waals surface area contributed by atoms with Crippen molar-refractivity contribution in [3.05, 3.63) is 70.6 Å². The average molecular weight is 298 g/mol. The highest BCUT2D eigenvalue weighted by Gasteiger charge is 2.07. The standard InChI is InChI=1S/C17H14OS2/c1-18-17(19)16-11-14-8-7-13(10-15(14)20-16)9-12-5-3-2-4-6-12/h2-8,10-11H,9H2,1H3. The summed E-state index contributed by atoms with van der Waals surface area (Å²) >= 11 is 6.88. The Kier molecular flexibility index (Phi) is 3.81. The van der Waals surface area contributed by atoms with Crippen LogP contribution >= 0.6 is 23.6 Å². The molecule has 0 aliphatic heterocycles. The minimum Gasteiger partial charge on any atom is -0.486 e. The molecule has 0 aliphatic carbocycles. The van der Waals surface area contributed by atoms with E-state index in [1.54, 1.807) is 18.4 Å². The Morgan fingerprint density at radius 2 is 1.85 bits per heavy atom. The van der Waals surface area contributed by atoms with E-state index in [2.05, 4.69) is 48.5 Å². The first-order valence-electron chi connectivity index (χ1n) is 6.41. The van der Waals surface area contributed by atoms with Crippen LogP contribution in [0.15, 0.2) is 54.6 Å². The number of fused-ring (bicyclic) bond motifs is 1. The van der Waals surface area contributed by atoms with Gasteiger partial charge in [0.05, 0.1) is 12.0 Å². The van der Waals surface area contributed by atoms with Crippen molar-refractivity contribution in [3.63, 3.8) is 0 Å². The van der Waals surface area contributed by atoms with Crippen LogP contribution in [0.3, 0.4) is 0 Å². The topological polar surface area (TPSA) is 9.23 Å². The van der Waals surface area contributed by atoms with Crippen molar-refractivity contribution in [1.29, 1.82) is 0 Å². The maximum Gasteiger partial charge on any atom is 0.201 e. The molecule has 0 aliphatic rings. The predicted molar refractivity (Wildman–Crippen MR) is 89.8 cm³/mol. The van der Waals surface area contributed by atoms with Crippen LogP contribution in [0.4, 0.5) is 0 Å². The van der Waals surface area contributed by atoms with E-state index < -0.39 is 0 Å². The van der Waals surface area contributed by atoms with Crippen LogP contribution < -0.4 is 0 Å². The van der Waals surface area contributed by atoms with E-state index in [4.69, 9.17) is 17.0 Å². The molecule has 0 radical (unpaired) electrons. The van der Waals surface area contributed by atoms with Gasteiger partial charge in [0.1, 0.15) is 0 Å². The Morgan fingerprint density at radius 3 is 2.60 bits per heavy atom. The van der Waals surface area contributed by atoms with E-state index in [1.807, 2.05) is 6.07 Å². The van der Waals surface area contributed by atoms with Gasteiger partial charge in [0.15, 0.2) is 0 Å². The third kappa shape index (κ3) is 2.74. The largest absolute Gasteiger partial charge is 0.486 e. The van der Waals surface area contributed by atoms with Crippen molar-refractivity contribution < 1.29 is 4.74 Å². The highest BCUT2D eigenvalue weighted by atomic mass is 32.1. The minimum absolute atomic E-state index is 0.566. The van der Waals surface area contributed by atoms with Crippen molar-refractivity contribution in [3.8, 4) is 0 Å². The summed E-state index contributed by atoms with van der Waals surface area (Å²) in [5.74, 6) is 0. The zero-order valence-corrected chi connectivity index (χ0v) is 12.8. The van der Waals surface area contributed by atoms with Crippen LogP contribution in [0.1, 0.15) is 16.0 Å². The fraction of sp³-hybridized carbons (Fsp3) is 0.118. The molecule has 0 saturated carbocycles. The lowest BCUT2D eigenvalue weighted by molar-refractivity contribution is 0.417. The first-order chi connectivity index (χ1) is 9.76.